The molecule has 1 aromatic heterocycles. The van der Waals surface area contributed by atoms with Crippen molar-refractivity contribution < 1.29 is 0 Å². The Morgan fingerprint density at radius 1 is 1.47 bits per heavy atom. The summed E-state index contributed by atoms with van der Waals surface area (Å²) < 4.78 is 3.17. The Bertz CT molecular complexity index is 340. The summed E-state index contributed by atoms with van der Waals surface area (Å²) in [6.07, 6.45) is 6.17. The smallest absolute Gasteiger partial charge is 0.0800 e. The molecular formula is C11H18BrN3. The number of nitrogens with two attached hydrogens (primary N) is 1. The molecule has 4 heteroatoms. The van der Waals surface area contributed by atoms with Crippen molar-refractivity contribution in [1.82, 2.24) is 9.78 Å². The number of halogens is 1. The van der Waals surface area contributed by atoms with E-state index in [4.69, 9.17) is 5.73 Å². The number of rotatable bonds is 3. The number of nitrogens with zero attached hydrogens (tertiary/aromatic N) is 2. The first-order valence-electron chi connectivity index (χ1n) is 5.65. The first kappa shape index (κ1) is 11.1. The Balaban J connectivity index is 2.27. The maximum absolute atomic E-state index is 5.60. The van der Waals surface area contributed by atoms with Crippen molar-refractivity contribution in [2.45, 2.75) is 38.0 Å². The largest absolute Gasteiger partial charge is 0.330 e. The van der Waals surface area contributed by atoms with E-state index >= 15 is 0 Å². The van der Waals surface area contributed by atoms with Crippen LogP contribution in [0, 0.1) is 0 Å². The highest BCUT2D eigenvalue weighted by Gasteiger charge is 2.24. The van der Waals surface area contributed by atoms with E-state index in [0.717, 1.165) is 6.42 Å². The molecule has 0 radical (unpaired) electrons. The molecule has 0 amide bonds. The minimum atomic E-state index is 0.664. The molecule has 0 saturated heterocycles. The van der Waals surface area contributed by atoms with E-state index in [1.807, 2.05) is 11.7 Å². The molecule has 15 heavy (non-hydrogen) atoms. The first-order chi connectivity index (χ1) is 7.24. The van der Waals surface area contributed by atoms with E-state index in [-0.39, 0.29) is 0 Å². The van der Waals surface area contributed by atoms with Gasteiger partial charge in [-0.15, -0.1) is 0 Å². The van der Waals surface area contributed by atoms with Gasteiger partial charge in [0, 0.05) is 19.4 Å². The molecule has 1 aromatic rings. The van der Waals surface area contributed by atoms with Crippen molar-refractivity contribution in [2.24, 2.45) is 12.8 Å². The second-order valence-electron chi connectivity index (χ2n) is 4.29. The van der Waals surface area contributed by atoms with Crippen molar-refractivity contribution >= 4 is 15.9 Å². The van der Waals surface area contributed by atoms with E-state index in [2.05, 4.69) is 21.0 Å². The van der Waals surface area contributed by atoms with Crippen molar-refractivity contribution in [2.75, 3.05) is 6.54 Å². The Kier molecular flexibility index (Phi) is 3.46. The maximum Gasteiger partial charge on any atom is 0.0800 e. The zero-order valence-electron chi connectivity index (χ0n) is 9.17. The predicted molar refractivity (Wildman–Crippen MR) is 64.9 cm³/mol. The van der Waals surface area contributed by atoms with Gasteiger partial charge in [0.15, 0.2) is 0 Å². The van der Waals surface area contributed by atoms with Gasteiger partial charge in [-0.3, -0.25) is 4.68 Å². The molecule has 0 aliphatic heterocycles. The van der Waals surface area contributed by atoms with Gasteiger partial charge in [0.05, 0.1) is 15.9 Å². The monoisotopic (exact) mass is 271 g/mol. The van der Waals surface area contributed by atoms with E-state index in [0.29, 0.717) is 12.5 Å². The Labute approximate surface area is 99.2 Å². The SMILES string of the molecule is Cn1nc(C2CCCC2)c(Br)c1CCN. The van der Waals surface area contributed by atoms with Crippen LogP contribution in [0.1, 0.15) is 43.0 Å². The first-order valence-corrected chi connectivity index (χ1v) is 6.44. The third-order valence-corrected chi connectivity index (χ3v) is 4.11. The van der Waals surface area contributed by atoms with Crippen molar-refractivity contribution in [1.29, 1.82) is 0 Å². The molecule has 1 fully saturated rings. The molecule has 1 aliphatic carbocycles. The lowest BCUT2D eigenvalue weighted by atomic mass is 10.0. The third-order valence-electron chi connectivity index (χ3n) is 3.25. The van der Waals surface area contributed by atoms with Crippen LogP contribution >= 0.6 is 15.9 Å². The van der Waals surface area contributed by atoms with Gasteiger partial charge in [-0.1, -0.05) is 12.8 Å². The lowest BCUT2D eigenvalue weighted by Crippen LogP contribution is -2.07. The zero-order chi connectivity index (χ0) is 10.8. The molecule has 0 spiro atoms. The van der Waals surface area contributed by atoms with Crippen LogP contribution in [-0.2, 0) is 13.5 Å². The van der Waals surface area contributed by atoms with Crippen LogP contribution in [-0.4, -0.2) is 16.3 Å². The fourth-order valence-corrected chi connectivity index (χ4v) is 3.28. The average molecular weight is 272 g/mol. The van der Waals surface area contributed by atoms with Gasteiger partial charge in [-0.05, 0) is 35.3 Å². The standard InChI is InChI=1S/C11H18BrN3/c1-15-9(6-7-13)10(12)11(14-15)8-4-2-3-5-8/h8H,2-7,13H2,1H3. The van der Waals surface area contributed by atoms with Gasteiger partial charge in [0.25, 0.3) is 0 Å². The topological polar surface area (TPSA) is 43.8 Å². The number of aryl methyl sites for hydroxylation is 1. The van der Waals surface area contributed by atoms with Crippen LogP contribution < -0.4 is 5.73 Å². The highest BCUT2D eigenvalue weighted by Crippen LogP contribution is 2.38. The van der Waals surface area contributed by atoms with Gasteiger partial charge in [0.1, 0.15) is 0 Å². The summed E-state index contributed by atoms with van der Waals surface area (Å²) in [5.74, 6) is 0.664. The summed E-state index contributed by atoms with van der Waals surface area (Å²) in [5, 5.41) is 4.63. The highest BCUT2D eigenvalue weighted by atomic mass is 79.9. The summed E-state index contributed by atoms with van der Waals surface area (Å²) in [6, 6.07) is 0. The van der Waals surface area contributed by atoms with Crippen LogP contribution in [0.25, 0.3) is 0 Å². The minimum absolute atomic E-state index is 0.664. The fourth-order valence-electron chi connectivity index (χ4n) is 2.42. The molecule has 2 N–H and O–H groups in total. The van der Waals surface area contributed by atoms with E-state index in [9.17, 15) is 0 Å². The predicted octanol–water partition coefficient (Wildman–Crippen LogP) is 2.34. The molecule has 1 aliphatic rings. The summed E-state index contributed by atoms with van der Waals surface area (Å²) in [5.41, 5.74) is 8.08. The fraction of sp³-hybridized carbons (Fsp3) is 0.727. The molecule has 0 unspecified atom stereocenters. The number of hydrogen-bond acceptors (Lipinski definition) is 2. The molecule has 0 aromatic carbocycles. The molecule has 1 heterocycles. The molecular weight excluding hydrogens is 254 g/mol. The second kappa shape index (κ2) is 4.66. The molecule has 84 valence electrons. The molecule has 3 nitrogen and oxygen atoms in total. The summed E-state index contributed by atoms with van der Waals surface area (Å²) in [4.78, 5) is 0. The van der Waals surface area contributed by atoms with E-state index in [1.54, 1.807) is 0 Å². The lowest BCUT2D eigenvalue weighted by molar-refractivity contribution is 0.644. The Morgan fingerprint density at radius 2 is 2.13 bits per heavy atom. The number of hydrogen-bond donors (Lipinski definition) is 1. The van der Waals surface area contributed by atoms with Crippen LogP contribution in [0.5, 0.6) is 0 Å². The minimum Gasteiger partial charge on any atom is -0.330 e. The summed E-state index contributed by atoms with van der Waals surface area (Å²) >= 11 is 3.67. The molecule has 2 rings (SSSR count). The highest BCUT2D eigenvalue weighted by molar-refractivity contribution is 9.10. The van der Waals surface area contributed by atoms with Crippen LogP contribution in [0.4, 0.5) is 0 Å². The van der Waals surface area contributed by atoms with Gasteiger partial charge < -0.3 is 5.73 Å². The Hall–Kier alpha value is -0.350. The van der Waals surface area contributed by atoms with E-state index < -0.39 is 0 Å². The average Bonchev–Trinajstić information content (AvgIpc) is 2.81. The van der Waals surface area contributed by atoms with E-state index in [1.165, 1.54) is 41.5 Å². The third kappa shape index (κ3) is 2.11. The summed E-state index contributed by atoms with van der Waals surface area (Å²) in [7, 11) is 2.01. The van der Waals surface area contributed by atoms with Gasteiger partial charge in [0.2, 0.25) is 0 Å². The van der Waals surface area contributed by atoms with Crippen LogP contribution in [0.3, 0.4) is 0 Å². The molecule has 0 atom stereocenters. The van der Waals surface area contributed by atoms with Crippen molar-refractivity contribution in [3.63, 3.8) is 0 Å². The van der Waals surface area contributed by atoms with Crippen LogP contribution in [0.2, 0.25) is 0 Å². The van der Waals surface area contributed by atoms with Crippen LogP contribution in [0.15, 0.2) is 4.47 Å². The number of aromatic nitrogens is 2. The van der Waals surface area contributed by atoms with Gasteiger partial charge in [-0.2, -0.15) is 5.10 Å². The maximum atomic E-state index is 5.60. The van der Waals surface area contributed by atoms with Crippen molar-refractivity contribution in [3.05, 3.63) is 15.9 Å². The molecule has 0 bridgehead atoms. The normalized spacial score (nSPS) is 17.5. The quantitative estimate of drug-likeness (QED) is 0.917. The van der Waals surface area contributed by atoms with Crippen molar-refractivity contribution in [3.8, 4) is 0 Å². The van der Waals surface area contributed by atoms with Gasteiger partial charge in [-0.25, -0.2) is 0 Å². The van der Waals surface area contributed by atoms with Gasteiger partial charge >= 0.3 is 0 Å². The Morgan fingerprint density at radius 3 is 2.73 bits per heavy atom. The zero-order valence-corrected chi connectivity index (χ0v) is 10.8. The molecule has 1 saturated carbocycles. The summed E-state index contributed by atoms with van der Waals surface area (Å²) in [6.45, 7) is 0.683. The second-order valence-corrected chi connectivity index (χ2v) is 5.08. The lowest BCUT2D eigenvalue weighted by Gasteiger charge is -2.05.